The number of allylic oxidation sites excluding steroid dienone is 3. The maximum Gasteiger partial charge on any atom is 0.307 e. The van der Waals surface area contributed by atoms with Crippen molar-refractivity contribution in [3.63, 3.8) is 0 Å². The molecule has 0 spiro atoms. The molecule has 3 heteroatoms. The second-order valence-corrected chi connectivity index (χ2v) is 5.15. The molecule has 0 aromatic heterocycles. The SMILES string of the molecule is CC=CC(=O)C1=C(CC(=O)O)CCCC1(C)C. The summed E-state index contributed by atoms with van der Waals surface area (Å²) in [6, 6.07) is 0. The molecule has 1 rings (SSSR count). The van der Waals surface area contributed by atoms with E-state index in [0.29, 0.717) is 5.57 Å². The first-order valence-corrected chi connectivity index (χ1v) is 6.00. The van der Waals surface area contributed by atoms with Crippen LogP contribution in [0.25, 0.3) is 0 Å². The van der Waals surface area contributed by atoms with Crippen LogP contribution in [0.2, 0.25) is 0 Å². The predicted molar refractivity (Wildman–Crippen MR) is 66.7 cm³/mol. The molecule has 0 atom stereocenters. The number of carboxylic acid groups (broad SMARTS) is 1. The number of carboxylic acids is 1. The highest BCUT2D eigenvalue weighted by Crippen LogP contribution is 2.41. The average molecular weight is 236 g/mol. The molecule has 0 saturated carbocycles. The molecule has 0 amide bonds. The first-order valence-electron chi connectivity index (χ1n) is 6.00. The van der Waals surface area contributed by atoms with Gasteiger partial charge in [0.25, 0.3) is 0 Å². The van der Waals surface area contributed by atoms with Gasteiger partial charge in [0.15, 0.2) is 5.78 Å². The van der Waals surface area contributed by atoms with Crippen molar-refractivity contribution in [1.29, 1.82) is 0 Å². The highest BCUT2D eigenvalue weighted by molar-refractivity contribution is 6.05. The predicted octanol–water partition coefficient (Wildman–Crippen LogP) is 3.11. The van der Waals surface area contributed by atoms with E-state index in [1.807, 2.05) is 13.8 Å². The number of rotatable bonds is 4. The number of aliphatic carboxylic acids is 1. The molecule has 0 aromatic rings. The van der Waals surface area contributed by atoms with Crippen LogP contribution in [0.3, 0.4) is 0 Å². The smallest absolute Gasteiger partial charge is 0.307 e. The molecule has 0 aromatic carbocycles. The Hall–Kier alpha value is -1.38. The Bertz CT molecular complexity index is 386. The molecule has 0 radical (unpaired) electrons. The average Bonchev–Trinajstić information content (AvgIpc) is 2.15. The Morgan fingerprint density at radius 2 is 2.06 bits per heavy atom. The van der Waals surface area contributed by atoms with Crippen molar-refractivity contribution in [2.24, 2.45) is 5.41 Å². The summed E-state index contributed by atoms with van der Waals surface area (Å²) in [5, 5.41) is 8.90. The lowest BCUT2D eigenvalue weighted by Crippen LogP contribution is -2.26. The molecular weight excluding hydrogens is 216 g/mol. The Balaban J connectivity index is 3.19. The lowest BCUT2D eigenvalue weighted by molar-refractivity contribution is -0.136. The lowest BCUT2D eigenvalue weighted by atomic mass is 9.70. The highest BCUT2D eigenvalue weighted by Gasteiger charge is 2.33. The second-order valence-electron chi connectivity index (χ2n) is 5.15. The van der Waals surface area contributed by atoms with Gasteiger partial charge in [-0.05, 0) is 37.7 Å². The first-order chi connectivity index (χ1) is 7.88. The summed E-state index contributed by atoms with van der Waals surface area (Å²) in [6.07, 6.45) is 5.86. The third kappa shape index (κ3) is 3.29. The summed E-state index contributed by atoms with van der Waals surface area (Å²) in [7, 11) is 0. The van der Waals surface area contributed by atoms with Crippen LogP contribution in [0, 0.1) is 5.41 Å². The van der Waals surface area contributed by atoms with Gasteiger partial charge < -0.3 is 5.11 Å². The van der Waals surface area contributed by atoms with Crippen molar-refractivity contribution >= 4 is 11.8 Å². The normalized spacial score (nSPS) is 19.7. The zero-order valence-electron chi connectivity index (χ0n) is 10.7. The van der Waals surface area contributed by atoms with Gasteiger partial charge in [-0.15, -0.1) is 0 Å². The van der Waals surface area contributed by atoms with E-state index >= 15 is 0 Å². The Labute approximate surface area is 102 Å². The first kappa shape index (κ1) is 13.7. The number of hydrogen-bond acceptors (Lipinski definition) is 2. The molecule has 3 nitrogen and oxygen atoms in total. The van der Waals surface area contributed by atoms with Crippen LogP contribution in [0.5, 0.6) is 0 Å². The molecule has 17 heavy (non-hydrogen) atoms. The van der Waals surface area contributed by atoms with E-state index in [0.717, 1.165) is 24.8 Å². The Morgan fingerprint density at radius 1 is 1.41 bits per heavy atom. The van der Waals surface area contributed by atoms with Crippen molar-refractivity contribution in [3.05, 3.63) is 23.3 Å². The van der Waals surface area contributed by atoms with Crippen molar-refractivity contribution in [2.75, 3.05) is 0 Å². The van der Waals surface area contributed by atoms with Crippen molar-refractivity contribution in [1.82, 2.24) is 0 Å². The van der Waals surface area contributed by atoms with Gasteiger partial charge in [0.2, 0.25) is 0 Å². The van der Waals surface area contributed by atoms with Crippen molar-refractivity contribution in [3.8, 4) is 0 Å². The van der Waals surface area contributed by atoms with E-state index in [-0.39, 0.29) is 17.6 Å². The molecule has 0 bridgehead atoms. The minimum atomic E-state index is -0.858. The largest absolute Gasteiger partial charge is 0.481 e. The summed E-state index contributed by atoms with van der Waals surface area (Å²) in [5.41, 5.74) is 1.31. The zero-order valence-corrected chi connectivity index (χ0v) is 10.7. The molecule has 0 heterocycles. The van der Waals surface area contributed by atoms with Crippen LogP contribution in [0.4, 0.5) is 0 Å². The van der Waals surface area contributed by atoms with E-state index < -0.39 is 5.97 Å². The summed E-state index contributed by atoms with van der Waals surface area (Å²) in [5.74, 6) is -0.892. The van der Waals surface area contributed by atoms with Gasteiger partial charge in [-0.3, -0.25) is 9.59 Å². The zero-order chi connectivity index (χ0) is 13.1. The van der Waals surface area contributed by atoms with Gasteiger partial charge in [0.05, 0.1) is 6.42 Å². The van der Waals surface area contributed by atoms with E-state index in [9.17, 15) is 9.59 Å². The second kappa shape index (κ2) is 5.30. The maximum absolute atomic E-state index is 12.1. The number of hydrogen-bond donors (Lipinski definition) is 1. The van der Waals surface area contributed by atoms with Gasteiger partial charge in [0.1, 0.15) is 0 Å². The van der Waals surface area contributed by atoms with Crippen LogP contribution >= 0.6 is 0 Å². The van der Waals surface area contributed by atoms with Crippen LogP contribution in [0.1, 0.15) is 46.5 Å². The third-order valence-electron chi connectivity index (χ3n) is 3.24. The molecular formula is C14H20O3. The molecule has 0 fully saturated rings. The summed E-state index contributed by atoms with van der Waals surface area (Å²) >= 11 is 0. The molecule has 1 aliphatic rings. The quantitative estimate of drug-likeness (QED) is 0.763. The summed E-state index contributed by atoms with van der Waals surface area (Å²) in [4.78, 5) is 22.9. The minimum absolute atomic E-state index is 0.0118. The molecule has 0 saturated heterocycles. The molecule has 0 aliphatic heterocycles. The van der Waals surface area contributed by atoms with E-state index in [1.165, 1.54) is 6.08 Å². The van der Waals surface area contributed by atoms with E-state index in [4.69, 9.17) is 5.11 Å². The van der Waals surface area contributed by atoms with Crippen LogP contribution in [-0.4, -0.2) is 16.9 Å². The topological polar surface area (TPSA) is 54.4 Å². The van der Waals surface area contributed by atoms with Gasteiger partial charge in [-0.1, -0.05) is 25.5 Å². The standard InChI is InChI=1S/C14H20O3/c1-4-6-11(15)13-10(9-12(16)17)7-5-8-14(13,2)3/h4,6H,5,7-9H2,1-3H3,(H,16,17). The van der Waals surface area contributed by atoms with Crippen LogP contribution < -0.4 is 0 Å². The summed E-state index contributed by atoms with van der Waals surface area (Å²) < 4.78 is 0. The molecule has 0 unspecified atom stereocenters. The third-order valence-corrected chi connectivity index (χ3v) is 3.24. The van der Waals surface area contributed by atoms with Gasteiger partial charge in [-0.25, -0.2) is 0 Å². The fraction of sp³-hybridized carbons (Fsp3) is 0.571. The highest BCUT2D eigenvalue weighted by atomic mass is 16.4. The van der Waals surface area contributed by atoms with Crippen molar-refractivity contribution in [2.45, 2.75) is 46.5 Å². The summed E-state index contributed by atoms with van der Waals surface area (Å²) in [6.45, 7) is 5.83. The van der Waals surface area contributed by atoms with Gasteiger partial charge >= 0.3 is 5.97 Å². The molecule has 1 N–H and O–H groups in total. The van der Waals surface area contributed by atoms with Crippen LogP contribution in [0.15, 0.2) is 23.3 Å². The minimum Gasteiger partial charge on any atom is -0.481 e. The number of ketones is 1. The number of carbonyl (C=O) groups excluding carboxylic acids is 1. The lowest BCUT2D eigenvalue weighted by Gasteiger charge is -2.33. The number of carbonyl (C=O) groups is 2. The van der Waals surface area contributed by atoms with Gasteiger partial charge in [-0.2, -0.15) is 0 Å². The van der Waals surface area contributed by atoms with Crippen molar-refractivity contribution < 1.29 is 14.7 Å². The van der Waals surface area contributed by atoms with E-state index in [1.54, 1.807) is 13.0 Å². The van der Waals surface area contributed by atoms with Gasteiger partial charge in [0, 0.05) is 5.57 Å². The Kier molecular flexibility index (Phi) is 4.27. The van der Waals surface area contributed by atoms with E-state index in [2.05, 4.69) is 0 Å². The Morgan fingerprint density at radius 3 is 2.59 bits per heavy atom. The fourth-order valence-corrected chi connectivity index (χ4v) is 2.57. The molecule has 1 aliphatic carbocycles. The van der Waals surface area contributed by atoms with Crippen LogP contribution in [-0.2, 0) is 9.59 Å². The monoisotopic (exact) mass is 236 g/mol. The fourth-order valence-electron chi connectivity index (χ4n) is 2.57. The maximum atomic E-state index is 12.1. The molecule has 94 valence electrons.